The smallest absolute Gasteiger partial charge is 0.0593 e. The van der Waals surface area contributed by atoms with E-state index in [0.29, 0.717) is 6.04 Å². The van der Waals surface area contributed by atoms with Gasteiger partial charge in [0.25, 0.3) is 0 Å². The number of hydrogen-bond acceptors (Lipinski definition) is 3. The van der Waals surface area contributed by atoms with Crippen molar-refractivity contribution in [3.05, 3.63) is 12.7 Å². The number of rotatable bonds is 6. The van der Waals surface area contributed by atoms with Gasteiger partial charge in [0, 0.05) is 45.4 Å². The van der Waals surface area contributed by atoms with E-state index in [1.54, 1.807) is 0 Å². The molecule has 0 aromatic rings. The summed E-state index contributed by atoms with van der Waals surface area (Å²) < 4.78 is 5.39. The van der Waals surface area contributed by atoms with Gasteiger partial charge in [-0.1, -0.05) is 6.08 Å². The minimum absolute atomic E-state index is 0.638. The highest BCUT2D eigenvalue weighted by molar-refractivity contribution is 4.83. The maximum atomic E-state index is 5.39. The molecule has 1 unspecified atom stereocenters. The van der Waals surface area contributed by atoms with E-state index in [1.807, 2.05) is 13.0 Å². The molecule has 1 atom stereocenters. The van der Waals surface area contributed by atoms with E-state index in [0.717, 1.165) is 45.9 Å². The van der Waals surface area contributed by atoms with Crippen molar-refractivity contribution in [2.24, 2.45) is 0 Å². The molecule has 1 aliphatic heterocycles. The Labute approximate surface area is 93.7 Å². The second kappa shape index (κ2) is 6.99. The molecule has 1 fully saturated rings. The third-order valence-corrected chi connectivity index (χ3v) is 2.96. The zero-order chi connectivity index (χ0) is 11.1. The van der Waals surface area contributed by atoms with Gasteiger partial charge >= 0.3 is 0 Å². The molecule has 0 radical (unpaired) electrons. The standard InChI is InChI=1S/C12H24N2O/c1-4-6-13-7-8-14(12(3)11-13)9-10-15-5-2/h4,12H,1,5-11H2,2-3H3. The molecule has 0 aromatic heterocycles. The van der Waals surface area contributed by atoms with E-state index in [9.17, 15) is 0 Å². The molecule has 0 N–H and O–H groups in total. The van der Waals surface area contributed by atoms with E-state index < -0.39 is 0 Å². The Balaban J connectivity index is 2.22. The number of nitrogens with zero attached hydrogens (tertiary/aromatic N) is 2. The third kappa shape index (κ3) is 4.33. The fraction of sp³-hybridized carbons (Fsp3) is 0.833. The Morgan fingerprint density at radius 1 is 1.47 bits per heavy atom. The molecule has 1 saturated heterocycles. The van der Waals surface area contributed by atoms with Crippen LogP contribution in [0, 0.1) is 0 Å². The van der Waals surface area contributed by atoms with Gasteiger partial charge in [0.15, 0.2) is 0 Å². The summed E-state index contributed by atoms with van der Waals surface area (Å²) in [6.45, 7) is 15.4. The summed E-state index contributed by atoms with van der Waals surface area (Å²) in [6.07, 6.45) is 1.99. The molecule has 3 heteroatoms. The molecule has 0 saturated carbocycles. The van der Waals surface area contributed by atoms with Crippen molar-refractivity contribution in [1.29, 1.82) is 0 Å². The quantitative estimate of drug-likeness (QED) is 0.486. The van der Waals surface area contributed by atoms with Crippen LogP contribution in [-0.2, 0) is 4.74 Å². The Kier molecular flexibility index (Phi) is 5.91. The topological polar surface area (TPSA) is 15.7 Å². The van der Waals surface area contributed by atoms with Gasteiger partial charge in [-0.25, -0.2) is 0 Å². The van der Waals surface area contributed by atoms with Gasteiger partial charge in [0.05, 0.1) is 6.61 Å². The van der Waals surface area contributed by atoms with Crippen LogP contribution in [0.15, 0.2) is 12.7 Å². The second-order valence-electron chi connectivity index (χ2n) is 4.13. The van der Waals surface area contributed by atoms with Crippen LogP contribution in [0.4, 0.5) is 0 Å². The van der Waals surface area contributed by atoms with Gasteiger partial charge in [0.1, 0.15) is 0 Å². The van der Waals surface area contributed by atoms with E-state index in [4.69, 9.17) is 4.74 Å². The summed E-state index contributed by atoms with van der Waals surface area (Å²) in [7, 11) is 0. The SMILES string of the molecule is C=CCN1CCN(CCOCC)C(C)C1. The van der Waals surface area contributed by atoms with Crippen LogP contribution < -0.4 is 0 Å². The maximum Gasteiger partial charge on any atom is 0.0593 e. The molecule has 0 spiro atoms. The van der Waals surface area contributed by atoms with Crippen LogP contribution >= 0.6 is 0 Å². The number of ether oxygens (including phenoxy) is 1. The first kappa shape index (κ1) is 12.7. The molecule has 3 nitrogen and oxygen atoms in total. The summed E-state index contributed by atoms with van der Waals surface area (Å²) >= 11 is 0. The van der Waals surface area contributed by atoms with Gasteiger partial charge in [-0.05, 0) is 13.8 Å². The highest BCUT2D eigenvalue weighted by Gasteiger charge is 2.22. The Morgan fingerprint density at radius 2 is 2.27 bits per heavy atom. The van der Waals surface area contributed by atoms with Crippen LogP contribution in [0.2, 0.25) is 0 Å². The summed E-state index contributed by atoms with van der Waals surface area (Å²) in [5, 5.41) is 0. The molecule has 0 amide bonds. The van der Waals surface area contributed by atoms with Gasteiger partial charge in [0.2, 0.25) is 0 Å². The predicted octanol–water partition coefficient (Wildman–Crippen LogP) is 1.21. The average molecular weight is 212 g/mol. The largest absolute Gasteiger partial charge is 0.380 e. The van der Waals surface area contributed by atoms with Crippen LogP contribution in [0.5, 0.6) is 0 Å². The van der Waals surface area contributed by atoms with Crippen LogP contribution in [0.1, 0.15) is 13.8 Å². The minimum Gasteiger partial charge on any atom is -0.380 e. The van der Waals surface area contributed by atoms with Crippen molar-refractivity contribution >= 4 is 0 Å². The first-order chi connectivity index (χ1) is 7.27. The van der Waals surface area contributed by atoms with Crippen molar-refractivity contribution in [3.8, 4) is 0 Å². The van der Waals surface area contributed by atoms with Crippen molar-refractivity contribution in [1.82, 2.24) is 9.80 Å². The molecule has 1 heterocycles. The van der Waals surface area contributed by atoms with E-state index in [2.05, 4.69) is 23.3 Å². The third-order valence-electron chi connectivity index (χ3n) is 2.96. The fourth-order valence-electron chi connectivity index (χ4n) is 2.08. The van der Waals surface area contributed by atoms with Crippen LogP contribution in [0.25, 0.3) is 0 Å². The fourth-order valence-corrected chi connectivity index (χ4v) is 2.08. The maximum absolute atomic E-state index is 5.39. The van der Waals surface area contributed by atoms with Gasteiger partial charge in [-0.2, -0.15) is 0 Å². The van der Waals surface area contributed by atoms with Gasteiger partial charge in [-0.15, -0.1) is 6.58 Å². The minimum atomic E-state index is 0.638. The molecule has 0 aliphatic carbocycles. The Hall–Kier alpha value is -0.380. The summed E-state index contributed by atoms with van der Waals surface area (Å²) in [4.78, 5) is 4.96. The zero-order valence-corrected chi connectivity index (χ0v) is 10.1. The number of piperazine rings is 1. The summed E-state index contributed by atoms with van der Waals surface area (Å²) in [6, 6.07) is 0.638. The monoisotopic (exact) mass is 212 g/mol. The summed E-state index contributed by atoms with van der Waals surface area (Å²) in [5.74, 6) is 0. The van der Waals surface area contributed by atoms with E-state index in [-0.39, 0.29) is 0 Å². The van der Waals surface area contributed by atoms with E-state index >= 15 is 0 Å². The lowest BCUT2D eigenvalue weighted by Gasteiger charge is -2.39. The van der Waals surface area contributed by atoms with Crippen molar-refractivity contribution < 1.29 is 4.74 Å². The zero-order valence-electron chi connectivity index (χ0n) is 10.1. The van der Waals surface area contributed by atoms with Crippen LogP contribution in [0.3, 0.4) is 0 Å². The van der Waals surface area contributed by atoms with Crippen molar-refractivity contribution in [3.63, 3.8) is 0 Å². The van der Waals surface area contributed by atoms with Crippen molar-refractivity contribution in [2.75, 3.05) is 45.9 Å². The Bertz CT molecular complexity index is 184. The van der Waals surface area contributed by atoms with Gasteiger partial charge in [-0.3, -0.25) is 9.80 Å². The lowest BCUT2D eigenvalue weighted by molar-refractivity contribution is 0.0535. The lowest BCUT2D eigenvalue weighted by atomic mass is 10.2. The molecular formula is C12H24N2O. The first-order valence-corrected chi connectivity index (χ1v) is 5.93. The molecule has 88 valence electrons. The van der Waals surface area contributed by atoms with Crippen LogP contribution in [-0.4, -0.2) is 61.8 Å². The van der Waals surface area contributed by atoms with Gasteiger partial charge < -0.3 is 4.74 Å². The lowest BCUT2D eigenvalue weighted by Crippen LogP contribution is -2.52. The molecule has 1 rings (SSSR count). The molecule has 15 heavy (non-hydrogen) atoms. The first-order valence-electron chi connectivity index (χ1n) is 5.93. The second-order valence-corrected chi connectivity index (χ2v) is 4.13. The molecule has 0 aromatic carbocycles. The average Bonchev–Trinajstić information content (AvgIpc) is 2.22. The predicted molar refractivity (Wildman–Crippen MR) is 64.2 cm³/mol. The molecule has 1 aliphatic rings. The highest BCUT2D eigenvalue weighted by atomic mass is 16.5. The molecular weight excluding hydrogens is 188 g/mol. The highest BCUT2D eigenvalue weighted by Crippen LogP contribution is 2.08. The van der Waals surface area contributed by atoms with E-state index in [1.165, 1.54) is 0 Å². The molecule has 0 bridgehead atoms. The normalized spacial score (nSPS) is 24.3. The van der Waals surface area contributed by atoms with Crippen molar-refractivity contribution in [2.45, 2.75) is 19.9 Å². The summed E-state index contributed by atoms with van der Waals surface area (Å²) in [5.41, 5.74) is 0. The Morgan fingerprint density at radius 3 is 2.87 bits per heavy atom. The number of hydrogen-bond donors (Lipinski definition) is 0.